The fourth-order valence-corrected chi connectivity index (χ4v) is 2.76. The number of carbonyl (C=O) groups excluding carboxylic acids is 1. The molecule has 0 spiro atoms. The standard InChI is InChI=1S/C14H26N2O3/c1-4-12-9-8-11(3)16(12)14(19)15-10(2)6-5-7-13(17)18/h10-12H,4-9H2,1-3H3,(H,15,19)(H,17,18). The van der Waals surface area contributed by atoms with E-state index in [1.54, 1.807) is 0 Å². The smallest absolute Gasteiger partial charge is 0.318 e. The highest BCUT2D eigenvalue weighted by Crippen LogP contribution is 2.25. The summed E-state index contributed by atoms with van der Waals surface area (Å²) in [7, 11) is 0. The lowest BCUT2D eigenvalue weighted by atomic mass is 10.1. The number of amides is 2. The Balaban J connectivity index is 2.38. The van der Waals surface area contributed by atoms with E-state index < -0.39 is 5.97 Å². The van der Waals surface area contributed by atoms with E-state index in [2.05, 4.69) is 19.2 Å². The van der Waals surface area contributed by atoms with Crippen LogP contribution in [0.1, 0.15) is 59.3 Å². The van der Waals surface area contributed by atoms with Crippen LogP contribution in [-0.4, -0.2) is 40.1 Å². The van der Waals surface area contributed by atoms with Crippen LogP contribution in [0.2, 0.25) is 0 Å². The summed E-state index contributed by atoms with van der Waals surface area (Å²) in [4.78, 5) is 24.6. The molecule has 0 aromatic carbocycles. The molecule has 0 radical (unpaired) electrons. The molecule has 2 N–H and O–H groups in total. The minimum absolute atomic E-state index is 0.000301. The number of urea groups is 1. The summed E-state index contributed by atoms with van der Waals surface area (Å²) in [6.07, 6.45) is 4.61. The van der Waals surface area contributed by atoms with E-state index in [0.29, 0.717) is 24.9 Å². The van der Waals surface area contributed by atoms with Crippen molar-refractivity contribution in [1.29, 1.82) is 0 Å². The molecule has 1 fully saturated rings. The third-order valence-corrected chi connectivity index (χ3v) is 3.89. The molecule has 1 heterocycles. The summed E-state index contributed by atoms with van der Waals surface area (Å²) in [5.41, 5.74) is 0. The lowest BCUT2D eigenvalue weighted by Gasteiger charge is -2.29. The van der Waals surface area contributed by atoms with Crippen LogP contribution in [0.15, 0.2) is 0 Å². The predicted molar refractivity (Wildman–Crippen MR) is 74.1 cm³/mol. The predicted octanol–water partition coefficient (Wildman–Crippen LogP) is 2.60. The van der Waals surface area contributed by atoms with Gasteiger partial charge in [0.25, 0.3) is 0 Å². The Kier molecular flexibility index (Phi) is 6.12. The zero-order valence-electron chi connectivity index (χ0n) is 12.2. The molecule has 1 aliphatic heterocycles. The van der Waals surface area contributed by atoms with Gasteiger partial charge in [-0.2, -0.15) is 0 Å². The maximum Gasteiger partial charge on any atom is 0.318 e. The van der Waals surface area contributed by atoms with Crippen molar-refractivity contribution >= 4 is 12.0 Å². The minimum atomic E-state index is -0.780. The summed E-state index contributed by atoms with van der Waals surface area (Å²) >= 11 is 0. The van der Waals surface area contributed by atoms with Crippen LogP contribution in [0, 0.1) is 0 Å². The fourth-order valence-electron chi connectivity index (χ4n) is 2.76. The van der Waals surface area contributed by atoms with Crippen LogP contribution in [0.4, 0.5) is 4.79 Å². The van der Waals surface area contributed by atoms with Gasteiger partial charge in [-0.3, -0.25) is 4.79 Å². The average molecular weight is 270 g/mol. The third-order valence-electron chi connectivity index (χ3n) is 3.89. The largest absolute Gasteiger partial charge is 0.481 e. The number of nitrogens with zero attached hydrogens (tertiary/aromatic N) is 1. The van der Waals surface area contributed by atoms with E-state index in [1.165, 1.54) is 0 Å². The lowest BCUT2D eigenvalue weighted by molar-refractivity contribution is -0.137. The second-order valence-corrected chi connectivity index (χ2v) is 5.53. The van der Waals surface area contributed by atoms with E-state index in [-0.39, 0.29) is 18.5 Å². The molecule has 0 bridgehead atoms. The van der Waals surface area contributed by atoms with Crippen LogP contribution in [0.25, 0.3) is 0 Å². The molecule has 5 nitrogen and oxygen atoms in total. The third kappa shape index (κ3) is 4.73. The van der Waals surface area contributed by atoms with Gasteiger partial charge in [0.05, 0.1) is 0 Å². The Bertz CT molecular complexity index is 320. The summed E-state index contributed by atoms with van der Waals surface area (Å²) in [6.45, 7) is 6.13. The molecule has 5 heteroatoms. The lowest BCUT2D eigenvalue weighted by Crippen LogP contribution is -2.48. The number of rotatable bonds is 6. The van der Waals surface area contributed by atoms with Gasteiger partial charge in [0.2, 0.25) is 0 Å². The SMILES string of the molecule is CCC1CCC(C)N1C(=O)NC(C)CCCC(=O)O. The Labute approximate surface area is 115 Å². The molecule has 0 aromatic rings. The normalized spacial score (nSPS) is 24.3. The van der Waals surface area contributed by atoms with Gasteiger partial charge < -0.3 is 15.3 Å². The van der Waals surface area contributed by atoms with Gasteiger partial charge in [0, 0.05) is 24.5 Å². The molecule has 0 saturated carbocycles. The highest BCUT2D eigenvalue weighted by molar-refractivity contribution is 5.75. The van der Waals surface area contributed by atoms with Crippen molar-refractivity contribution in [3.63, 3.8) is 0 Å². The number of carboxylic acids is 1. The number of hydrogen-bond acceptors (Lipinski definition) is 2. The van der Waals surface area contributed by atoms with Crippen molar-refractivity contribution in [3.8, 4) is 0 Å². The van der Waals surface area contributed by atoms with Gasteiger partial charge in [-0.05, 0) is 46.0 Å². The fraction of sp³-hybridized carbons (Fsp3) is 0.857. The summed E-state index contributed by atoms with van der Waals surface area (Å²) in [5, 5.41) is 11.6. The minimum Gasteiger partial charge on any atom is -0.481 e. The van der Waals surface area contributed by atoms with Crippen LogP contribution >= 0.6 is 0 Å². The van der Waals surface area contributed by atoms with Gasteiger partial charge in [-0.25, -0.2) is 4.79 Å². The van der Waals surface area contributed by atoms with Crippen LogP contribution in [0.3, 0.4) is 0 Å². The van der Waals surface area contributed by atoms with E-state index in [0.717, 1.165) is 19.3 Å². The number of likely N-dealkylation sites (tertiary alicyclic amines) is 1. The molecule has 1 rings (SSSR count). The Morgan fingerprint density at radius 3 is 2.68 bits per heavy atom. The first kappa shape index (κ1) is 15.8. The van der Waals surface area contributed by atoms with Crippen LogP contribution in [0.5, 0.6) is 0 Å². The van der Waals surface area contributed by atoms with Crippen molar-refractivity contribution in [1.82, 2.24) is 10.2 Å². The van der Waals surface area contributed by atoms with Crippen molar-refractivity contribution in [2.24, 2.45) is 0 Å². The maximum atomic E-state index is 12.2. The molecule has 3 unspecified atom stereocenters. The molecule has 3 atom stereocenters. The van der Waals surface area contributed by atoms with Gasteiger partial charge >= 0.3 is 12.0 Å². The summed E-state index contributed by atoms with van der Waals surface area (Å²) in [5.74, 6) is -0.780. The van der Waals surface area contributed by atoms with Gasteiger partial charge in [-0.15, -0.1) is 0 Å². The maximum absolute atomic E-state index is 12.2. The first-order chi connectivity index (χ1) is 8.95. The summed E-state index contributed by atoms with van der Waals surface area (Å²) in [6, 6.07) is 0.675. The number of nitrogens with one attached hydrogen (secondary N) is 1. The van der Waals surface area contributed by atoms with E-state index >= 15 is 0 Å². The number of aliphatic carboxylic acids is 1. The number of hydrogen-bond donors (Lipinski definition) is 2. The van der Waals surface area contributed by atoms with Gasteiger partial charge in [0.1, 0.15) is 0 Å². The molecule has 2 amide bonds. The molecule has 19 heavy (non-hydrogen) atoms. The highest BCUT2D eigenvalue weighted by atomic mass is 16.4. The summed E-state index contributed by atoms with van der Waals surface area (Å²) < 4.78 is 0. The van der Waals surface area contributed by atoms with Gasteiger partial charge in [-0.1, -0.05) is 6.92 Å². The number of carbonyl (C=O) groups is 2. The second kappa shape index (κ2) is 7.36. The molecule has 1 saturated heterocycles. The Morgan fingerprint density at radius 1 is 1.42 bits per heavy atom. The molecular formula is C14H26N2O3. The first-order valence-corrected chi connectivity index (χ1v) is 7.26. The highest BCUT2D eigenvalue weighted by Gasteiger charge is 2.33. The van der Waals surface area contributed by atoms with E-state index in [1.807, 2.05) is 11.8 Å². The van der Waals surface area contributed by atoms with Crippen LogP contribution in [-0.2, 0) is 4.79 Å². The monoisotopic (exact) mass is 270 g/mol. The van der Waals surface area contributed by atoms with Crippen molar-refractivity contribution in [3.05, 3.63) is 0 Å². The van der Waals surface area contributed by atoms with Crippen molar-refractivity contribution < 1.29 is 14.7 Å². The quantitative estimate of drug-likeness (QED) is 0.779. The second-order valence-electron chi connectivity index (χ2n) is 5.53. The number of carboxylic acid groups (broad SMARTS) is 1. The topological polar surface area (TPSA) is 69.6 Å². The van der Waals surface area contributed by atoms with E-state index in [4.69, 9.17) is 5.11 Å². The molecule has 110 valence electrons. The molecule has 0 aliphatic carbocycles. The van der Waals surface area contributed by atoms with E-state index in [9.17, 15) is 9.59 Å². The van der Waals surface area contributed by atoms with Crippen LogP contribution < -0.4 is 5.32 Å². The Morgan fingerprint density at radius 2 is 2.11 bits per heavy atom. The zero-order chi connectivity index (χ0) is 14.4. The van der Waals surface area contributed by atoms with Gasteiger partial charge in [0.15, 0.2) is 0 Å². The Hall–Kier alpha value is -1.26. The van der Waals surface area contributed by atoms with Crippen molar-refractivity contribution in [2.45, 2.75) is 77.4 Å². The average Bonchev–Trinajstić information content (AvgIpc) is 2.69. The molecular weight excluding hydrogens is 244 g/mol. The zero-order valence-corrected chi connectivity index (χ0v) is 12.2. The molecule has 0 aromatic heterocycles. The first-order valence-electron chi connectivity index (χ1n) is 7.26. The molecule has 1 aliphatic rings. The van der Waals surface area contributed by atoms with Crippen molar-refractivity contribution in [2.75, 3.05) is 0 Å².